The van der Waals surface area contributed by atoms with E-state index >= 15 is 0 Å². The summed E-state index contributed by atoms with van der Waals surface area (Å²) in [6.07, 6.45) is 10.3. The minimum absolute atomic E-state index is 0.0906. The summed E-state index contributed by atoms with van der Waals surface area (Å²) in [5.41, 5.74) is 4.16. The number of anilines is 2. The van der Waals surface area contributed by atoms with Crippen LogP contribution in [0.1, 0.15) is 35.2 Å². The molecule has 1 aromatic carbocycles. The number of dihydropyridines is 1. The molecule has 3 heterocycles. The molecule has 0 spiro atoms. The summed E-state index contributed by atoms with van der Waals surface area (Å²) in [6.45, 7) is 3.31. The summed E-state index contributed by atoms with van der Waals surface area (Å²) >= 11 is 0. The van der Waals surface area contributed by atoms with Gasteiger partial charge in [0.2, 0.25) is 0 Å². The quantitative estimate of drug-likeness (QED) is 0.676. The van der Waals surface area contributed by atoms with Crippen LogP contribution in [-0.4, -0.2) is 42.4 Å². The van der Waals surface area contributed by atoms with Crippen molar-refractivity contribution in [2.75, 3.05) is 30.4 Å². The Kier molecular flexibility index (Phi) is 5.61. The lowest BCUT2D eigenvalue weighted by molar-refractivity contribution is 0.0697. The zero-order valence-electron chi connectivity index (χ0n) is 17.1. The van der Waals surface area contributed by atoms with Gasteiger partial charge in [0.1, 0.15) is 11.9 Å². The highest BCUT2D eigenvalue weighted by Gasteiger charge is 2.24. The van der Waals surface area contributed by atoms with Gasteiger partial charge in [-0.1, -0.05) is 12.1 Å². The Morgan fingerprint density at radius 2 is 2.27 bits per heavy atom. The number of likely N-dealkylation sites (N-methyl/N-ethyl adjacent to an activating group) is 1. The van der Waals surface area contributed by atoms with Crippen LogP contribution in [0.4, 0.5) is 11.4 Å². The van der Waals surface area contributed by atoms with Gasteiger partial charge < -0.3 is 25.4 Å². The van der Waals surface area contributed by atoms with Crippen molar-refractivity contribution >= 4 is 17.3 Å². The molecule has 7 heteroatoms. The molecule has 0 saturated heterocycles. The number of hydrogen-bond acceptors (Lipinski definition) is 6. The van der Waals surface area contributed by atoms with E-state index in [0.717, 1.165) is 23.4 Å². The second-order valence-corrected chi connectivity index (χ2v) is 7.63. The fourth-order valence-electron chi connectivity index (χ4n) is 3.80. The highest BCUT2D eigenvalue weighted by atomic mass is 16.5. The van der Waals surface area contributed by atoms with E-state index in [-0.39, 0.29) is 17.6 Å². The number of hydrogen-bond donors (Lipinski definition) is 3. The first-order valence-electron chi connectivity index (χ1n) is 10.0. The van der Waals surface area contributed by atoms with Crippen LogP contribution >= 0.6 is 0 Å². The summed E-state index contributed by atoms with van der Waals surface area (Å²) in [5.74, 6) is 0.150. The Morgan fingerprint density at radius 3 is 3.03 bits per heavy atom. The number of ether oxygens (including phenoxy) is 1. The normalized spacial score (nSPS) is 19.7. The van der Waals surface area contributed by atoms with E-state index in [9.17, 15) is 9.90 Å². The van der Waals surface area contributed by atoms with Crippen LogP contribution < -0.4 is 20.3 Å². The number of fused-ring (bicyclic) bond motifs is 1. The largest absolute Gasteiger partial charge is 0.493 e. The number of carboxylic acids is 1. The van der Waals surface area contributed by atoms with Gasteiger partial charge in [0, 0.05) is 43.7 Å². The van der Waals surface area contributed by atoms with Gasteiger partial charge in [-0.15, -0.1) is 0 Å². The second kappa shape index (κ2) is 8.49. The Bertz CT molecular complexity index is 1000. The predicted octanol–water partition coefficient (Wildman–Crippen LogP) is 3.58. The summed E-state index contributed by atoms with van der Waals surface area (Å²) < 4.78 is 5.95. The molecule has 2 aromatic rings. The molecule has 4 rings (SSSR count). The van der Waals surface area contributed by atoms with E-state index in [0.29, 0.717) is 18.8 Å². The van der Waals surface area contributed by atoms with Crippen LogP contribution in [0.3, 0.4) is 0 Å². The monoisotopic (exact) mass is 406 g/mol. The molecule has 1 aromatic heterocycles. The minimum atomic E-state index is -0.963. The number of aromatic nitrogens is 1. The smallest absolute Gasteiger partial charge is 0.337 e. The van der Waals surface area contributed by atoms with E-state index < -0.39 is 5.97 Å². The van der Waals surface area contributed by atoms with Crippen molar-refractivity contribution in [2.45, 2.75) is 25.4 Å². The zero-order chi connectivity index (χ0) is 21.1. The average Bonchev–Trinajstić information content (AvgIpc) is 2.77. The zero-order valence-corrected chi connectivity index (χ0v) is 17.1. The second-order valence-electron chi connectivity index (χ2n) is 7.63. The van der Waals surface area contributed by atoms with Gasteiger partial charge in [-0.05, 0) is 42.7 Å². The van der Waals surface area contributed by atoms with Gasteiger partial charge in [-0.3, -0.25) is 4.98 Å². The number of pyridine rings is 1. The molecular weight excluding hydrogens is 380 g/mol. The summed E-state index contributed by atoms with van der Waals surface area (Å²) in [6, 6.07) is 7.81. The first kappa shape index (κ1) is 19.8. The molecule has 1 unspecified atom stereocenters. The van der Waals surface area contributed by atoms with Crippen LogP contribution in [0.2, 0.25) is 0 Å². The maximum Gasteiger partial charge on any atom is 0.337 e. The first-order valence-corrected chi connectivity index (χ1v) is 10.0. The summed E-state index contributed by atoms with van der Waals surface area (Å²) in [5, 5.41) is 16.0. The van der Waals surface area contributed by atoms with Crippen LogP contribution in [-0.2, 0) is 0 Å². The Morgan fingerprint density at radius 1 is 1.40 bits per heavy atom. The summed E-state index contributed by atoms with van der Waals surface area (Å²) in [4.78, 5) is 17.6. The molecule has 0 radical (unpaired) electrons. The van der Waals surface area contributed by atoms with E-state index in [2.05, 4.69) is 64.8 Å². The number of allylic oxidation sites excluding steroid dienone is 2. The van der Waals surface area contributed by atoms with Crippen molar-refractivity contribution in [1.29, 1.82) is 0 Å². The third-order valence-electron chi connectivity index (χ3n) is 5.60. The van der Waals surface area contributed by atoms with Crippen LogP contribution in [0, 0.1) is 0 Å². The lowest BCUT2D eigenvalue weighted by Crippen LogP contribution is -2.41. The Labute approximate surface area is 176 Å². The maximum absolute atomic E-state index is 11.4. The molecule has 156 valence electrons. The van der Waals surface area contributed by atoms with Crippen molar-refractivity contribution in [3.05, 3.63) is 71.7 Å². The number of rotatable bonds is 6. The lowest BCUT2D eigenvalue weighted by atomic mass is 9.92. The van der Waals surface area contributed by atoms with Crippen molar-refractivity contribution in [2.24, 2.45) is 0 Å². The fourth-order valence-corrected chi connectivity index (χ4v) is 3.80. The molecule has 2 atom stereocenters. The van der Waals surface area contributed by atoms with Gasteiger partial charge in [0.25, 0.3) is 0 Å². The van der Waals surface area contributed by atoms with E-state index in [4.69, 9.17) is 4.74 Å². The van der Waals surface area contributed by atoms with Crippen LogP contribution in [0.25, 0.3) is 0 Å². The van der Waals surface area contributed by atoms with Crippen molar-refractivity contribution in [1.82, 2.24) is 10.3 Å². The number of carbonyl (C=O) groups is 1. The SMILES string of the molecule is CC1=CNC(N(C)c2ccc3c(c2)OCC[C@H]3CNc2cnccc2C(=O)O)C=C1. The van der Waals surface area contributed by atoms with Crippen molar-refractivity contribution in [3.8, 4) is 5.75 Å². The molecular formula is C23H26N4O3. The molecule has 7 nitrogen and oxygen atoms in total. The number of benzene rings is 1. The van der Waals surface area contributed by atoms with Gasteiger partial charge in [-0.2, -0.15) is 0 Å². The topological polar surface area (TPSA) is 86.7 Å². The molecule has 3 N–H and O–H groups in total. The molecule has 0 fully saturated rings. The number of nitrogens with one attached hydrogen (secondary N) is 2. The maximum atomic E-state index is 11.4. The predicted molar refractivity (Wildman–Crippen MR) is 117 cm³/mol. The fraction of sp³-hybridized carbons (Fsp3) is 0.304. The average molecular weight is 406 g/mol. The van der Waals surface area contributed by atoms with Gasteiger partial charge >= 0.3 is 5.97 Å². The lowest BCUT2D eigenvalue weighted by Gasteiger charge is -2.32. The highest BCUT2D eigenvalue weighted by molar-refractivity contribution is 5.93. The van der Waals surface area contributed by atoms with E-state index in [1.807, 2.05) is 6.20 Å². The van der Waals surface area contributed by atoms with Gasteiger partial charge in [0.15, 0.2) is 0 Å². The molecule has 2 aliphatic heterocycles. The highest BCUT2D eigenvalue weighted by Crippen LogP contribution is 2.37. The molecule has 30 heavy (non-hydrogen) atoms. The molecule has 0 saturated carbocycles. The van der Waals surface area contributed by atoms with Gasteiger partial charge in [0.05, 0.1) is 24.1 Å². The van der Waals surface area contributed by atoms with E-state index in [1.54, 1.807) is 6.20 Å². The molecule has 0 amide bonds. The molecule has 0 bridgehead atoms. The Hall–Kier alpha value is -3.48. The number of nitrogens with zero attached hydrogens (tertiary/aromatic N) is 2. The number of carboxylic acid groups (broad SMARTS) is 1. The Balaban J connectivity index is 1.48. The van der Waals surface area contributed by atoms with Crippen LogP contribution in [0.5, 0.6) is 5.75 Å². The van der Waals surface area contributed by atoms with Crippen LogP contribution in [0.15, 0.2) is 60.6 Å². The van der Waals surface area contributed by atoms with Crippen molar-refractivity contribution in [3.63, 3.8) is 0 Å². The number of aromatic carboxylic acids is 1. The van der Waals surface area contributed by atoms with Gasteiger partial charge in [-0.25, -0.2) is 4.79 Å². The van der Waals surface area contributed by atoms with Crippen molar-refractivity contribution < 1.29 is 14.6 Å². The standard InChI is InChI=1S/C23H26N4O3/c1-15-3-6-22(26-12-15)27(2)17-4-5-18-16(8-10-30-21(18)11-17)13-25-20-14-24-9-7-19(20)23(28)29/h3-7,9,11-12,14,16,22,25-26H,8,10,13H2,1-2H3,(H,28,29)/t16-,22?/m0/s1. The molecule has 0 aliphatic carbocycles. The minimum Gasteiger partial charge on any atom is -0.493 e. The summed E-state index contributed by atoms with van der Waals surface area (Å²) in [7, 11) is 2.05. The first-order chi connectivity index (χ1) is 14.5. The third-order valence-corrected chi connectivity index (χ3v) is 5.60. The third kappa shape index (κ3) is 4.10. The molecule has 2 aliphatic rings. The van der Waals surface area contributed by atoms with E-state index in [1.165, 1.54) is 17.8 Å².